The smallest absolute Gasteiger partial charge is 0.258 e. The first-order valence-electron chi connectivity index (χ1n) is 22.8. The van der Waals surface area contributed by atoms with E-state index in [2.05, 4.69) is 250 Å². The van der Waals surface area contributed by atoms with Crippen molar-refractivity contribution < 1.29 is 4.52 Å². The average Bonchev–Trinajstić information content (AvgIpc) is 4.04. The zero-order chi connectivity index (χ0) is 45.2. The van der Waals surface area contributed by atoms with Gasteiger partial charge in [0.05, 0.1) is 11.0 Å². The Morgan fingerprint density at radius 3 is 1.07 bits per heavy atom. The van der Waals surface area contributed by atoms with Crippen LogP contribution in [-0.2, 0) is 0 Å². The normalized spacial score (nSPS) is 11.2. The second-order valence-corrected chi connectivity index (χ2v) is 16.7. The van der Waals surface area contributed by atoms with Gasteiger partial charge in [-0.1, -0.05) is 133 Å². The van der Waals surface area contributed by atoms with Gasteiger partial charge in [0.2, 0.25) is 5.82 Å². The van der Waals surface area contributed by atoms with E-state index in [1.807, 2.05) is 30.3 Å². The average molecular weight is 874 g/mol. The third-order valence-electron chi connectivity index (χ3n) is 12.6. The van der Waals surface area contributed by atoms with Gasteiger partial charge in [0, 0.05) is 61.7 Å². The van der Waals surface area contributed by atoms with Crippen LogP contribution in [0.3, 0.4) is 0 Å². The molecule has 0 saturated heterocycles. The van der Waals surface area contributed by atoms with Gasteiger partial charge in [0.25, 0.3) is 5.89 Å². The van der Waals surface area contributed by atoms with Crippen LogP contribution in [-0.4, -0.2) is 14.7 Å². The van der Waals surface area contributed by atoms with Crippen LogP contribution in [0.5, 0.6) is 0 Å². The van der Waals surface area contributed by atoms with Crippen molar-refractivity contribution in [3.63, 3.8) is 0 Å². The number of hydrogen-bond acceptors (Lipinski definition) is 5. The van der Waals surface area contributed by atoms with Crippen LogP contribution >= 0.6 is 0 Å². The van der Waals surface area contributed by atoms with Crippen molar-refractivity contribution in [2.75, 3.05) is 9.80 Å². The summed E-state index contributed by atoms with van der Waals surface area (Å²) in [4.78, 5) is 9.31. The largest absolute Gasteiger partial charge is 0.334 e. The third kappa shape index (κ3) is 7.66. The van der Waals surface area contributed by atoms with E-state index < -0.39 is 0 Å². The molecule has 2 aromatic heterocycles. The Bertz CT molecular complexity index is 3370. The van der Waals surface area contributed by atoms with E-state index in [-0.39, 0.29) is 0 Å². The van der Waals surface area contributed by atoms with Gasteiger partial charge in [-0.25, -0.2) is 0 Å². The van der Waals surface area contributed by atoms with Crippen LogP contribution in [0.15, 0.2) is 265 Å². The van der Waals surface area contributed by atoms with E-state index in [0.29, 0.717) is 11.7 Å². The lowest BCUT2D eigenvalue weighted by molar-refractivity contribution is 0.432. The third-order valence-corrected chi connectivity index (χ3v) is 12.6. The van der Waals surface area contributed by atoms with E-state index in [1.54, 1.807) is 0 Å². The fourth-order valence-corrected chi connectivity index (χ4v) is 9.27. The quantitative estimate of drug-likeness (QED) is 0.130. The van der Waals surface area contributed by atoms with E-state index in [0.717, 1.165) is 84.2 Å². The fraction of sp³-hybridized carbons (Fsp3) is 0. The molecular formula is C62H43N5O. The predicted molar refractivity (Wildman–Crippen MR) is 280 cm³/mol. The molecule has 6 heteroatoms. The topological polar surface area (TPSA) is 50.3 Å². The Hall–Kier alpha value is -9.26. The number of benzene rings is 10. The number of aromatic nitrogens is 3. The molecule has 12 rings (SSSR count). The van der Waals surface area contributed by atoms with Crippen LogP contribution < -0.4 is 9.80 Å². The zero-order valence-electron chi connectivity index (χ0n) is 37.0. The highest BCUT2D eigenvalue weighted by Gasteiger charge is 2.18. The molecule has 0 atom stereocenters. The first-order valence-corrected chi connectivity index (χ1v) is 22.8. The predicted octanol–water partition coefficient (Wildman–Crippen LogP) is 16.8. The zero-order valence-corrected chi connectivity index (χ0v) is 37.0. The van der Waals surface area contributed by atoms with Gasteiger partial charge in [0.15, 0.2) is 0 Å². The molecule has 0 fully saturated rings. The van der Waals surface area contributed by atoms with Gasteiger partial charge in [-0.3, -0.25) is 0 Å². The van der Waals surface area contributed by atoms with Crippen LogP contribution in [0.25, 0.3) is 72.6 Å². The summed E-state index contributed by atoms with van der Waals surface area (Å²) in [5.74, 6) is 1.05. The molecule has 0 amide bonds. The van der Waals surface area contributed by atoms with Crippen molar-refractivity contribution in [1.29, 1.82) is 0 Å². The van der Waals surface area contributed by atoms with Gasteiger partial charge >= 0.3 is 0 Å². The number of fused-ring (bicyclic) bond motifs is 3. The van der Waals surface area contributed by atoms with Crippen molar-refractivity contribution in [2.45, 2.75) is 0 Å². The van der Waals surface area contributed by atoms with Crippen molar-refractivity contribution >= 4 is 55.9 Å². The summed E-state index contributed by atoms with van der Waals surface area (Å²) in [5.41, 5.74) is 16.3. The minimum Gasteiger partial charge on any atom is -0.334 e. The van der Waals surface area contributed by atoms with Crippen LogP contribution in [0.2, 0.25) is 0 Å². The molecule has 0 radical (unpaired) electrons. The summed E-state index contributed by atoms with van der Waals surface area (Å²) in [5, 5.41) is 6.67. The molecule has 0 bridgehead atoms. The molecule has 322 valence electrons. The van der Waals surface area contributed by atoms with Crippen LogP contribution in [0, 0.1) is 0 Å². The highest BCUT2D eigenvalue weighted by molar-refractivity contribution is 6.11. The summed E-state index contributed by atoms with van der Waals surface area (Å²) in [6.07, 6.45) is 0. The van der Waals surface area contributed by atoms with Crippen molar-refractivity contribution in [3.05, 3.63) is 261 Å². The van der Waals surface area contributed by atoms with Gasteiger partial charge < -0.3 is 18.9 Å². The molecule has 0 spiro atoms. The summed E-state index contributed by atoms with van der Waals surface area (Å²) >= 11 is 0. The lowest BCUT2D eigenvalue weighted by Gasteiger charge is -2.25. The molecule has 6 nitrogen and oxygen atoms in total. The van der Waals surface area contributed by atoms with Gasteiger partial charge in [-0.05, 0) is 156 Å². The van der Waals surface area contributed by atoms with Crippen LogP contribution in [0.1, 0.15) is 0 Å². The molecule has 0 aliphatic carbocycles. The van der Waals surface area contributed by atoms with E-state index in [1.165, 1.54) is 10.8 Å². The molecule has 0 N–H and O–H groups in total. The fourth-order valence-electron chi connectivity index (χ4n) is 9.27. The van der Waals surface area contributed by atoms with Gasteiger partial charge in [0.1, 0.15) is 0 Å². The SMILES string of the molecule is c1ccc(-c2nc(-c3ccc(-n4c5ccc(-c6ccc(N(c7ccccc7)c7ccccc7)cc6)cc5c5cc(-c6ccc(N(c7ccccc7)c7ccccc7)cc6)ccc54)cc3)no2)cc1. The summed E-state index contributed by atoms with van der Waals surface area (Å²) < 4.78 is 8.02. The van der Waals surface area contributed by atoms with Gasteiger partial charge in [-0.2, -0.15) is 4.98 Å². The van der Waals surface area contributed by atoms with Crippen molar-refractivity contribution in [2.24, 2.45) is 0 Å². The molecule has 12 aromatic rings. The van der Waals surface area contributed by atoms with E-state index in [9.17, 15) is 0 Å². The van der Waals surface area contributed by atoms with Crippen molar-refractivity contribution in [3.8, 4) is 50.8 Å². The maximum absolute atomic E-state index is 5.66. The maximum atomic E-state index is 5.66. The van der Waals surface area contributed by atoms with E-state index >= 15 is 0 Å². The molecule has 68 heavy (non-hydrogen) atoms. The summed E-state index contributed by atoms with van der Waals surface area (Å²) in [7, 11) is 0. The molecule has 2 heterocycles. The Morgan fingerprint density at radius 1 is 0.309 bits per heavy atom. The minimum absolute atomic E-state index is 0.498. The number of hydrogen-bond donors (Lipinski definition) is 0. The second-order valence-electron chi connectivity index (χ2n) is 16.7. The molecule has 0 saturated carbocycles. The standard InChI is InChI=1S/C62H43N5O/c1-6-16-47(17-7-1)62-63-61(64-68-62)46-30-38-56(39-31-46)67-59-40-32-48(44-26-34-54(35-27-44)65(50-18-8-2-9-19-50)51-20-10-3-11-21-51)42-57(59)58-43-49(33-41-60(58)67)45-28-36-55(37-29-45)66(52-22-12-4-13-23-52)53-24-14-5-15-25-53/h1-43H. The number of nitrogens with zero attached hydrogens (tertiary/aromatic N) is 5. The number of anilines is 6. The minimum atomic E-state index is 0.498. The Balaban J connectivity index is 0.941. The first-order chi connectivity index (χ1) is 33.7. The van der Waals surface area contributed by atoms with Gasteiger partial charge in [-0.15, -0.1) is 0 Å². The summed E-state index contributed by atoms with van der Waals surface area (Å²) in [6, 6.07) is 91.9. The number of rotatable bonds is 11. The molecule has 0 aliphatic heterocycles. The lowest BCUT2D eigenvalue weighted by atomic mass is 9.99. The lowest BCUT2D eigenvalue weighted by Crippen LogP contribution is -2.09. The maximum Gasteiger partial charge on any atom is 0.258 e. The Labute approximate surface area is 394 Å². The monoisotopic (exact) mass is 873 g/mol. The highest BCUT2D eigenvalue weighted by atomic mass is 16.5. The van der Waals surface area contributed by atoms with E-state index in [4.69, 9.17) is 9.51 Å². The Kier molecular flexibility index (Phi) is 10.4. The molecule has 10 aromatic carbocycles. The molecular weight excluding hydrogens is 831 g/mol. The van der Waals surface area contributed by atoms with Crippen molar-refractivity contribution in [1.82, 2.24) is 14.7 Å². The highest BCUT2D eigenvalue weighted by Crippen LogP contribution is 2.41. The van der Waals surface area contributed by atoms with Crippen LogP contribution in [0.4, 0.5) is 34.1 Å². The molecule has 0 aliphatic rings. The first kappa shape index (κ1) is 40.3. The Morgan fingerprint density at radius 2 is 0.662 bits per heavy atom. The molecule has 0 unspecified atom stereocenters. The summed E-state index contributed by atoms with van der Waals surface area (Å²) in [6.45, 7) is 0. The number of para-hydroxylation sites is 4. The second kappa shape index (κ2) is 17.6.